The number of nitrogens with one attached hydrogen (secondary N) is 1. The van der Waals surface area contributed by atoms with Crippen LogP contribution in [-0.4, -0.2) is 87.2 Å². The van der Waals surface area contributed by atoms with Crippen molar-refractivity contribution in [1.82, 2.24) is 9.80 Å². The number of amides is 3. The SMILES string of the molecule is CN1CCN(CC(=O)N(C)c2ccc(N/C(=C3\C(=O)N(C(=O)CN)c4cc(C=O)ccc43)c3ccccc3)cc2)CC1. The fourth-order valence-electron chi connectivity index (χ4n) is 5.18. The van der Waals surface area contributed by atoms with E-state index in [0.29, 0.717) is 46.6 Å². The second-order valence-corrected chi connectivity index (χ2v) is 10.5. The maximum Gasteiger partial charge on any atom is 0.267 e. The van der Waals surface area contributed by atoms with E-state index in [1.165, 1.54) is 6.07 Å². The molecule has 0 saturated carbocycles. The Balaban J connectivity index is 1.46. The fraction of sp³-hybridized carbons (Fsp3) is 0.250. The Bertz CT molecular complexity index is 1530. The zero-order chi connectivity index (χ0) is 29.8. The molecule has 5 rings (SSSR count). The number of hydrogen-bond donors (Lipinski definition) is 2. The molecule has 10 heteroatoms. The van der Waals surface area contributed by atoms with E-state index in [0.717, 1.165) is 42.3 Å². The van der Waals surface area contributed by atoms with Crippen molar-refractivity contribution in [3.8, 4) is 0 Å². The lowest BCUT2D eigenvalue weighted by molar-refractivity contribution is -0.123. The average Bonchev–Trinajstić information content (AvgIpc) is 3.31. The Labute approximate surface area is 245 Å². The Morgan fingerprint density at radius 1 is 0.976 bits per heavy atom. The number of likely N-dealkylation sites (N-methyl/N-ethyl adjacent to an activating group) is 2. The summed E-state index contributed by atoms with van der Waals surface area (Å²) in [5.74, 6) is -1.08. The van der Waals surface area contributed by atoms with Gasteiger partial charge in [0.2, 0.25) is 11.8 Å². The molecule has 42 heavy (non-hydrogen) atoms. The Morgan fingerprint density at radius 2 is 1.67 bits per heavy atom. The molecular weight excluding hydrogens is 532 g/mol. The largest absolute Gasteiger partial charge is 0.354 e. The first kappa shape index (κ1) is 28.9. The molecule has 0 aromatic heterocycles. The van der Waals surface area contributed by atoms with Crippen LogP contribution in [0.4, 0.5) is 17.1 Å². The van der Waals surface area contributed by atoms with Gasteiger partial charge in [0, 0.05) is 55.7 Å². The summed E-state index contributed by atoms with van der Waals surface area (Å²) in [6.07, 6.45) is 0.669. The van der Waals surface area contributed by atoms with Crippen LogP contribution in [0.1, 0.15) is 21.5 Å². The molecule has 0 unspecified atom stereocenters. The number of anilines is 3. The number of piperazine rings is 1. The standard InChI is InChI=1S/C32H34N6O4/c1-35-14-16-37(17-15-35)20-29(41)36(2)25-11-9-24(10-12-25)34-31(23-6-4-3-5-7-23)30-26-13-8-22(21-39)18-27(26)38(32(30)42)28(40)19-33/h3-13,18,21,34H,14-17,19-20,33H2,1-2H3/b31-30-. The van der Waals surface area contributed by atoms with Crippen molar-refractivity contribution < 1.29 is 19.2 Å². The molecule has 0 bridgehead atoms. The lowest BCUT2D eigenvalue weighted by Gasteiger charge is -2.32. The molecule has 3 amide bonds. The number of fused-ring (bicyclic) bond motifs is 1. The van der Waals surface area contributed by atoms with E-state index in [1.807, 2.05) is 54.6 Å². The van der Waals surface area contributed by atoms with E-state index in [2.05, 4.69) is 22.2 Å². The highest BCUT2D eigenvalue weighted by Gasteiger charge is 2.38. The van der Waals surface area contributed by atoms with Gasteiger partial charge in [0.25, 0.3) is 5.91 Å². The van der Waals surface area contributed by atoms with Crippen LogP contribution < -0.4 is 20.9 Å². The normalized spacial score (nSPS) is 16.6. The summed E-state index contributed by atoms with van der Waals surface area (Å²) >= 11 is 0. The maximum absolute atomic E-state index is 13.8. The van der Waals surface area contributed by atoms with E-state index >= 15 is 0 Å². The van der Waals surface area contributed by atoms with Crippen LogP contribution in [0.15, 0.2) is 72.8 Å². The van der Waals surface area contributed by atoms with Gasteiger partial charge in [-0.15, -0.1) is 0 Å². The number of nitrogens with zero attached hydrogens (tertiary/aromatic N) is 4. The quantitative estimate of drug-likeness (QED) is 0.316. The van der Waals surface area contributed by atoms with Crippen molar-refractivity contribution in [3.63, 3.8) is 0 Å². The van der Waals surface area contributed by atoms with E-state index < -0.39 is 11.8 Å². The van der Waals surface area contributed by atoms with Gasteiger partial charge in [0.1, 0.15) is 6.29 Å². The second kappa shape index (κ2) is 12.5. The van der Waals surface area contributed by atoms with E-state index in [4.69, 9.17) is 5.73 Å². The first-order valence-electron chi connectivity index (χ1n) is 13.8. The summed E-state index contributed by atoms with van der Waals surface area (Å²) in [5, 5.41) is 3.38. The summed E-state index contributed by atoms with van der Waals surface area (Å²) in [4.78, 5) is 58.1. The monoisotopic (exact) mass is 566 g/mol. The lowest BCUT2D eigenvalue weighted by atomic mass is 9.99. The molecule has 3 aromatic rings. The van der Waals surface area contributed by atoms with Gasteiger partial charge in [-0.25, -0.2) is 4.90 Å². The molecule has 3 aromatic carbocycles. The highest BCUT2D eigenvalue weighted by Crippen LogP contribution is 2.41. The molecular formula is C32H34N6O4. The molecule has 0 atom stereocenters. The topological polar surface area (TPSA) is 119 Å². The minimum absolute atomic E-state index is 0.0138. The van der Waals surface area contributed by atoms with Crippen LogP contribution in [0.5, 0.6) is 0 Å². The van der Waals surface area contributed by atoms with Crippen LogP contribution in [0.2, 0.25) is 0 Å². The van der Waals surface area contributed by atoms with Crippen LogP contribution in [0.3, 0.4) is 0 Å². The predicted octanol–water partition coefficient (Wildman–Crippen LogP) is 2.52. The number of hydrogen-bond acceptors (Lipinski definition) is 8. The molecule has 2 heterocycles. The zero-order valence-corrected chi connectivity index (χ0v) is 23.7. The Kier molecular flexibility index (Phi) is 8.58. The predicted molar refractivity (Wildman–Crippen MR) is 164 cm³/mol. The minimum Gasteiger partial charge on any atom is -0.354 e. The summed E-state index contributed by atoms with van der Waals surface area (Å²) in [6, 6.07) is 21.5. The first-order chi connectivity index (χ1) is 20.3. The molecule has 0 radical (unpaired) electrons. The molecule has 0 aliphatic carbocycles. The fourth-order valence-corrected chi connectivity index (χ4v) is 5.18. The second-order valence-electron chi connectivity index (χ2n) is 10.5. The summed E-state index contributed by atoms with van der Waals surface area (Å²) in [5.41, 5.74) is 9.78. The Hall–Kier alpha value is -4.64. The first-order valence-corrected chi connectivity index (χ1v) is 13.8. The van der Waals surface area contributed by atoms with E-state index in [9.17, 15) is 19.2 Å². The lowest BCUT2D eigenvalue weighted by Crippen LogP contribution is -2.48. The van der Waals surface area contributed by atoms with Crippen LogP contribution >= 0.6 is 0 Å². The van der Waals surface area contributed by atoms with Crippen LogP contribution in [0.25, 0.3) is 11.3 Å². The zero-order valence-electron chi connectivity index (χ0n) is 23.7. The van der Waals surface area contributed by atoms with Crippen molar-refractivity contribution in [3.05, 3.63) is 89.5 Å². The highest BCUT2D eigenvalue weighted by atomic mass is 16.2. The van der Waals surface area contributed by atoms with Crippen molar-refractivity contribution in [2.75, 3.05) is 68.5 Å². The number of benzene rings is 3. The van der Waals surface area contributed by atoms with Crippen molar-refractivity contribution >= 4 is 52.3 Å². The molecule has 1 fully saturated rings. The number of nitrogens with two attached hydrogens (primary N) is 1. The number of rotatable bonds is 8. The smallest absolute Gasteiger partial charge is 0.267 e. The minimum atomic E-state index is -0.569. The van der Waals surface area contributed by atoms with E-state index in [-0.39, 0.29) is 12.5 Å². The van der Waals surface area contributed by atoms with Gasteiger partial charge in [0.05, 0.1) is 30.0 Å². The van der Waals surface area contributed by atoms with Crippen LogP contribution in [-0.2, 0) is 14.4 Å². The average molecular weight is 567 g/mol. The van der Waals surface area contributed by atoms with Gasteiger partial charge in [-0.05, 0) is 42.9 Å². The molecule has 1 saturated heterocycles. The molecule has 2 aliphatic rings. The van der Waals surface area contributed by atoms with Gasteiger partial charge < -0.3 is 20.9 Å². The van der Waals surface area contributed by atoms with E-state index in [1.54, 1.807) is 24.1 Å². The summed E-state index contributed by atoms with van der Waals surface area (Å²) in [6.45, 7) is 3.62. The van der Waals surface area contributed by atoms with Crippen LogP contribution in [0, 0.1) is 0 Å². The van der Waals surface area contributed by atoms with Gasteiger partial charge in [-0.2, -0.15) is 0 Å². The van der Waals surface area contributed by atoms with Crippen molar-refractivity contribution in [2.24, 2.45) is 5.73 Å². The number of aldehydes is 1. The summed E-state index contributed by atoms with van der Waals surface area (Å²) < 4.78 is 0. The van der Waals surface area contributed by atoms with Gasteiger partial charge in [-0.1, -0.05) is 42.5 Å². The molecule has 216 valence electrons. The molecule has 3 N–H and O–H groups in total. The number of carbonyl (C=O) groups excluding carboxylic acids is 4. The number of imide groups is 1. The van der Waals surface area contributed by atoms with Gasteiger partial charge >= 0.3 is 0 Å². The molecule has 10 nitrogen and oxygen atoms in total. The summed E-state index contributed by atoms with van der Waals surface area (Å²) in [7, 11) is 3.85. The third-order valence-electron chi connectivity index (χ3n) is 7.67. The Morgan fingerprint density at radius 3 is 2.31 bits per heavy atom. The molecule has 2 aliphatic heterocycles. The highest BCUT2D eigenvalue weighted by molar-refractivity contribution is 6.44. The van der Waals surface area contributed by atoms with Gasteiger partial charge in [0.15, 0.2) is 0 Å². The molecule has 0 spiro atoms. The van der Waals surface area contributed by atoms with Crippen molar-refractivity contribution in [2.45, 2.75) is 0 Å². The van der Waals surface area contributed by atoms with Crippen molar-refractivity contribution in [1.29, 1.82) is 0 Å². The number of carbonyl (C=O) groups is 4. The third-order valence-corrected chi connectivity index (χ3v) is 7.67. The maximum atomic E-state index is 13.8. The third kappa shape index (κ3) is 5.87. The van der Waals surface area contributed by atoms with Gasteiger partial charge in [-0.3, -0.25) is 24.1 Å².